The molecule has 0 spiro atoms. The van der Waals surface area contributed by atoms with E-state index in [0.717, 1.165) is 63.5 Å². The summed E-state index contributed by atoms with van der Waals surface area (Å²) in [5.74, 6) is -0.617. The maximum absolute atomic E-state index is 13.4. The van der Waals surface area contributed by atoms with E-state index in [4.69, 9.17) is 5.26 Å². The number of carbonyl (C=O) groups excluding carboxylic acids is 1. The molecule has 0 saturated carbocycles. The van der Waals surface area contributed by atoms with E-state index in [1.165, 1.54) is 135 Å². The molecule has 0 saturated heterocycles. The van der Waals surface area contributed by atoms with E-state index in [1.54, 1.807) is 37.3 Å². The number of amides is 1. The molecule has 0 aliphatic heterocycles. The number of aryl methyl sites for hydroxylation is 1. The molecule has 0 bridgehead atoms. The average Bonchev–Trinajstić information content (AvgIpc) is 1.95. The first-order valence-corrected chi connectivity index (χ1v) is 32.0. The van der Waals surface area contributed by atoms with Crippen molar-refractivity contribution in [3.63, 3.8) is 0 Å². The SMILES string of the molecule is CCCCCCCCCCCCCCCCCCNC(=O)C(C)(C)C[N+](CC)=C1C=CC(=C(c2ccc(N(CC)CC)cc2)c2ccc(N(CC)CC)cc2)C=C1.Cc1[nH]n(-c2ccccc2)c(=O)c1N=Nc1cc([N+](=O)[O-])cc(SOOO)c1[O-]. The molecule has 0 radical (unpaired) electrons. The lowest BCUT2D eigenvalue weighted by molar-refractivity contribution is -0.533. The second kappa shape index (κ2) is 37.4. The molecule has 466 valence electrons. The molecule has 0 atom stereocenters. The van der Waals surface area contributed by atoms with Gasteiger partial charge in [0.1, 0.15) is 12.0 Å². The number of aromatic nitrogens is 2. The van der Waals surface area contributed by atoms with Crippen LogP contribution in [0.25, 0.3) is 11.3 Å². The summed E-state index contributed by atoms with van der Waals surface area (Å²) in [6.07, 6.45) is 30.7. The molecule has 0 fully saturated rings. The van der Waals surface area contributed by atoms with Crippen molar-refractivity contribution in [2.45, 2.75) is 170 Å². The van der Waals surface area contributed by atoms with Gasteiger partial charge in [-0.25, -0.2) is 14.5 Å². The monoisotopic (exact) mass is 1200 g/mol. The number of para-hydroxylation sites is 1. The second-order valence-electron chi connectivity index (χ2n) is 22.4. The fourth-order valence-corrected chi connectivity index (χ4v) is 11.1. The van der Waals surface area contributed by atoms with Crippen molar-refractivity contribution >= 4 is 57.7 Å². The van der Waals surface area contributed by atoms with E-state index in [9.17, 15) is 24.8 Å². The maximum Gasteiger partial charge on any atom is 0.299 e. The summed E-state index contributed by atoms with van der Waals surface area (Å²) in [6, 6.07) is 28.7. The first kappa shape index (κ1) is 69.6. The van der Waals surface area contributed by atoms with Gasteiger partial charge in [0.05, 0.1) is 34.0 Å². The van der Waals surface area contributed by atoms with E-state index in [0.29, 0.717) is 17.9 Å². The lowest BCUT2D eigenvalue weighted by Gasteiger charge is -2.23. The molecule has 4 aromatic carbocycles. The third-order valence-corrected chi connectivity index (χ3v) is 16.3. The number of nitro groups is 1. The van der Waals surface area contributed by atoms with Crippen molar-refractivity contribution in [1.29, 1.82) is 0 Å². The minimum atomic E-state index is -0.766. The Bertz CT molecular complexity index is 3010. The molecule has 3 N–H and O–H groups in total. The Kier molecular flexibility index (Phi) is 30.3. The number of aromatic amines is 1. The Hall–Kier alpha value is -7.12. The number of azo groups is 1. The van der Waals surface area contributed by atoms with Crippen LogP contribution in [0.5, 0.6) is 5.75 Å². The number of hydrogen-bond acceptors (Lipinski definition) is 13. The normalized spacial score (nSPS) is 12.2. The highest BCUT2D eigenvalue weighted by molar-refractivity contribution is 7.94. The molecule has 1 aromatic heterocycles. The zero-order chi connectivity index (χ0) is 62.3. The van der Waals surface area contributed by atoms with Gasteiger partial charge in [-0.3, -0.25) is 24.8 Å². The predicted octanol–water partition coefficient (Wildman–Crippen LogP) is 16.5. The van der Waals surface area contributed by atoms with Gasteiger partial charge in [0, 0.05) is 73.3 Å². The smallest absolute Gasteiger partial charge is 0.299 e. The van der Waals surface area contributed by atoms with E-state index in [-0.39, 0.29) is 28.5 Å². The largest absolute Gasteiger partial charge is 0.870 e. The van der Waals surface area contributed by atoms with Crippen LogP contribution in [0, 0.1) is 22.5 Å². The number of nitro benzene ring substituents is 1. The zero-order valence-corrected chi connectivity index (χ0v) is 53.4. The van der Waals surface area contributed by atoms with Crippen molar-refractivity contribution in [3.05, 3.63) is 158 Å². The van der Waals surface area contributed by atoms with Crippen LogP contribution in [0.3, 0.4) is 0 Å². The number of non-ortho nitro benzene ring substituents is 1. The van der Waals surface area contributed by atoms with Crippen molar-refractivity contribution in [1.82, 2.24) is 15.1 Å². The fourth-order valence-electron chi connectivity index (χ4n) is 10.6. The lowest BCUT2D eigenvalue weighted by Crippen LogP contribution is -2.43. The molecule has 1 heterocycles. The molecule has 1 amide bonds. The van der Waals surface area contributed by atoms with E-state index < -0.39 is 33.0 Å². The van der Waals surface area contributed by atoms with Gasteiger partial charge in [-0.15, -0.1) is 9.45 Å². The number of allylic oxidation sites excluding steroid dienone is 5. The van der Waals surface area contributed by atoms with Crippen LogP contribution in [-0.4, -0.2) is 82.0 Å². The van der Waals surface area contributed by atoms with Gasteiger partial charge < -0.3 is 20.2 Å². The number of nitrogens with zero attached hydrogens (tertiary/aromatic N) is 7. The maximum atomic E-state index is 13.4. The van der Waals surface area contributed by atoms with Gasteiger partial charge in [0.15, 0.2) is 17.9 Å². The van der Waals surface area contributed by atoms with Gasteiger partial charge in [-0.05, 0) is 133 Å². The van der Waals surface area contributed by atoms with Crippen LogP contribution in [0.1, 0.15) is 175 Å². The number of anilines is 2. The lowest BCUT2D eigenvalue weighted by atomic mass is 9.89. The number of nitrogens with one attached hydrogen (secondary N) is 2. The number of carbonyl (C=O) groups is 1. The highest BCUT2D eigenvalue weighted by Gasteiger charge is 2.33. The second-order valence-corrected chi connectivity index (χ2v) is 23.1. The van der Waals surface area contributed by atoms with Crippen LogP contribution in [0.2, 0.25) is 0 Å². The Labute approximate surface area is 515 Å². The third kappa shape index (κ3) is 21.4. The summed E-state index contributed by atoms with van der Waals surface area (Å²) < 4.78 is 7.76. The van der Waals surface area contributed by atoms with Crippen LogP contribution in [-0.2, 0) is 14.2 Å². The van der Waals surface area contributed by atoms with Crippen molar-refractivity contribution in [3.8, 4) is 11.4 Å². The molecule has 86 heavy (non-hydrogen) atoms. The molecular weight excluding hydrogens is 1100 g/mol. The minimum Gasteiger partial charge on any atom is -0.870 e. The Morgan fingerprint density at radius 1 is 0.709 bits per heavy atom. The molecule has 18 heteroatoms. The van der Waals surface area contributed by atoms with E-state index in [2.05, 4.69) is 173 Å². The van der Waals surface area contributed by atoms with Crippen molar-refractivity contribution < 1.29 is 34.0 Å². The molecule has 5 aromatic rings. The molecule has 1 aliphatic rings. The van der Waals surface area contributed by atoms with Crippen molar-refractivity contribution in [2.75, 3.05) is 55.6 Å². The highest BCUT2D eigenvalue weighted by Crippen LogP contribution is 2.40. The summed E-state index contributed by atoms with van der Waals surface area (Å²) in [6.45, 7) is 25.3. The first-order chi connectivity index (χ1) is 41.6. The zero-order valence-electron chi connectivity index (χ0n) is 52.6. The van der Waals surface area contributed by atoms with E-state index in [1.807, 2.05) is 0 Å². The molecular formula is C68H95N9O8S. The first-order valence-electron chi connectivity index (χ1n) is 31.3. The van der Waals surface area contributed by atoms with Crippen LogP contribution in [0.4, 0.5) is 28.4 Å². The number of unbranched alkanes of at least 4 members (excludes halogenated alkanes) is 15. The average molecular weight is 1200 g/mol. The Balaban J connectivity index is 0.000000387. The quantitative estimate of drug-likeness (QED) is 0.00654. The van der Waals surface area contributed by atoms with Crippen LogP contribution < -0.4 is 25.8 Å². The third-order valence-electron chi connectivity index (χ3n) is 15.7. The van der Waals surface area contributed by atoms with E-state index >= 15 is 0 Å². The number of rotatable bonds is 36. The minimum absolute atomic E-state index is 0.0658. The number of benzene rings is 4. The van der Waals surface area contributed by atoms with Crippen LogP contribution in [0.15, 0.2) is 141 Å². The number of hydrogen-bond donors (Lipinski definition) is 3. The molecule has 6 rings (SSSR count). The summed E-state index contributed by atoms with van der Waals surface area (Å²) in [4.78, 5) is 40.9. The Morgan fingerprint density at radius 2 is 1.21 bits per heavy atom. The summed E-state index contributed by atoms with van der Waals surface area (Å²) >= 11 is 0.259. The van der Waals surface area contributed by atoms with Gasteiger partial charge in [0.25, 0.3) is 11.2 Å². The Morgan fingerprint density at radius 3 is 1.67 bits per heavy atom. The molecule has 17 nitrogen and oxygen atoms in total. The van der Waals surface area contributed by atoms with Gasteiger partial charge >= 0.3 is 0 Å². The summed E-state index contributed by atoms with van der Waals surface area (Å²) in [5.41, 5.74) is 7.52. The highest BCUT2D eigenvalue weighted by atomic mass is 32.2. The van der Waals surface area contributed by atoms with Gasteiger partial charge in [-0.2, -0.15) is 5.11 Å². The topological polar surface area (TPSA) is 206 Å². The van der Waals surface area contributed by atoms with Crippen LogP contribution >= 0.6 is 12.0 Å². The molecule has 0 unspecified atom stereocenters. The van der Waals surface area contributed by atoms with Gasteiger partial charge in [0.2, 0.25) is 5.91 Å². The fraction of sp³-hybridized carbons (Fsp3) is 0.485. The van der Waals surface area contributed by atoms with Crippen molar-refractivity contribution in [2.24, 2.45) is 15.6 Å². The van der Waals surface area contributed by atoms with Gasteiger partial charge in [-0.1, -0.05) is 156 Å². The molecule has 1 aliphatic carbocycles. The predicted molar refractivity (Wildman–Crippen MR) is 350 cm³/mol. The summed E-state index contributed by atoms with van der Waals surface area (Å²) in [5, 5.41) is 48.7. The summed E-state index contributed by atoms with van der Waals surface area (Å²) in [7, 11) is 0. The number of H-pyrrole nitrogens is 1. The standard InChI is InChI=1S/C52H82N4O.C16H13N5O7S/c1-9-15-16-17-18-19-20-21-22-23-24-25-26-27-28-29-42-53-51(57)52(7,8)43-56(14-6)49-40-34-46(35-41-49)50(44-30-36-47(37-31-44)54(10-2)11-3)45-32-38-48(39-33-45)55(12-4)13-5;1-9-14(16(23)20(19-9)10-5-3-2-4-6-10)18-17-12-7-11(21(24)25)8-13(15(12)22)29-28-27-26/h30-41H,9-29,42-43H2,1-8H3;2-8,19,22,26H,1H3.